The topological polar surface area (TPSA) is 58.6 Å². The van der Waals surface area contributed by atoms with Gasteiger partial charge >= 0.3 is 5.97 Å². The average Bonchev–Trinajstić information content (AvgIpc) is 2.43. The third-order valence-electron chi connectivity index (χ3n) is 2.66. The summed E-state index contributed by atoms with van der Waals surface area (Å²) in [4.78, 5) is 10.9. The predicted molar refractivity (Wildman–Crippen MR) is 66.1 cm³/mol. The molecule has 0 aliphatic rings. The maximum atomic E-state index is 13.3. The van der Waals surface area contributed by atoms with Crippen LogP contribution in [0.3, 0.4) is 0 Å². The lowest BCUT2D eigenvalue weighted by Gasteiger charge is -2.15. The Hall–Kier alpha value is -1.83. The van der Waals surface area contributed by atoms with Gasteiger partial charge < -0.3 is 15.2 Å². The van der Waals surface area contributed by atoms with Crippen LogP contribution in [0.2, 0.25) is 0 Å². The molecule has 0 saturated carbocycles. The molecule has 118 valence electrons. The van der Waals surface area contributed by atoms with Crippen LogP contribution in [0, 0.1) is 23.3 Å². The van der Waals surface area contributed by atoms with E-state index in [9.17, 15) is 22.4 Å². The molecular formula is C13H15F4NO3. The number of hydrogen-bond donors (Lipinski definition) is 2. The van der Waals surface area contributed by atoms with E-state index in [0.29, 0.717) is 13.0 Å². The van der Waals surface area contributed by atoms with Gasteiger partial charge in [0.1, 0.15) is 6.04 Å². The second kappa shape index (κ2) is 7.82. The van der Waals surface area contributed by atoms with E-state index >= 15 is 0 Å². The van der Waals surface area contributed by atoms with E-state index in [2.05, 4.69) is 10.1 Å². The molecule has 0 aromatic heterocycles. The molecule has 0 saturated heterocycles. The number of rotatable bonds is 8. The highest BCUT2D eigenvalue weighted by Crippen LogP contribution is 2.26. The first kappa shape index (κ1) is 17.2. The molecule has 8 heteroatoms. The Morgan fingerprint density at radius 3 is 2.33 bits per heavy atom. The van der Waals surface area contributed by atoms with Crippen molar-refractivity contribution >= 4 is 5.97 Å². The number of hydrogen-bond acceptors (Lipinski definition) is 3. The van der Waals surface area contributed by atoms with Gasteiger partial charge in [-0.3, -0.25) is 4.79 Å². The third kappa shape index (κ3) is 4.59. The fraction of sp³-hybridized carbons (Fsp3) is 0.462. The summed E-state index contributed by atoms with van der Waals surface area (Å²) >= 11 is 0. The van der Waals surface area contributed by atoms with Crippen molar-refractivity contribution in [3.8, 4) is 5.75 Å². The molecule has 1 aromatic rings. The quantitative estimate of drug-likeness (QED) is 0.572. The molecule has 2 N–H and O–H groups in total. The zero-order valence-electron chi connectivity index (χ0n) is 11.3. The maximum Gasteiger partial charge on any atom is 0.320 e. The number of benzene rings is 1. The SMILES string of the molecule is CCCNC(CCOc1c(F)c(F)cc(F)c1F)C(=O)O. The van der Waals surface area contributed by atoms with Gasteiger partial charge in [-0.1, -0.05) is 6.92 Å². The number of carboxylic acids is 1. The summed E-state index contributed by atoms with van der Waals surface area (Å²) < 4.78 is 57.1. The first-order valence-corrected chi connectivity index (χ1v) is 6.30. The van der Waals surface area contributed by atoms with E-state index in [-0.39, 0.29) is 12.5 Å². The number of carbonyl (C=O) groups is 1. The summed E-state index contributed by atoms with van der Waals surface area (Å²) in [5.41, 5.74) is 0. The lowest BCUT2D eigenvalue weighted by Crippen LogP contribution is -2.38. The number of nitrogens with one attached hydrogen (secondary N) is 1. The highest BCUT2D eigenvalue weighted by molar-refractivity contribution is 5.73. The minimum atomic E-state index is -1.65. The average molecular weight is 309 g/mol. The Balaban J connectivity index is 2.69. The molecule has 1 rings (SSSR count). The van der Waals surface area contributed by atoms with Crippen molar-refractivity contribution in [2.45, 2.75) is 25.8 Å². The van der Waals surface area contributed by atoms with Crippen LogP contribution >= 0.6 is 0 Å². The van der Waals surface area contributed by atoms with Gasteiger partial charge in [-0.2, -0.15) is 8.78 Å². The van der Waals surface area contributed by atoms with E-state index in [1.807, 2.05) is 6.92 Å². The molecule has 21 heavy (non-hydrogen) atoms. The van der Waals surface area contributed by atoms with Crippen molar-refractivity contribution in [3.05, 3.63) is 29.3 Å². The van der Waals surface area contributed by atoms with E-state index in [1.165, 1.54) is 0 Å². The van der Waals surface area contributed by atoms with Gasteiger partial charge in [0.25, 0.3) is 0 Å². The molecule has 0 bridgehead atoms. The van der Waals surface area contributed by atoms with E-state index in [4.69, 9.17) is 5.11 Å². The van der Waals surface area contributed by atoms with Gasteiger partial charge in [-0.25, -0.2) is 8.78 Å². The van der Waals surface area contributed by atoms with Crippen LogP contribution in [-0.2, 0) is 4.79 Å². The summed E-state index contributed by atoms with van der Waals surface area (Å²) in [6.45, 7) is 1.86. The van der Waals surface area contributed by atoms with Crippen LogP contribution in [0.15, 0.2) is 6.07 Å². The number of ether oxygens (including phenoxy) is 1. The van der Waals surface area contributed by atoms with Crippen molar-refractivity contribution in [1.82, 2.24) is 5.32 Å². The summed E-state index contributed by atoms with van der Waals surface area (Å²) in [6, 6.07) is -0.908. The molecule has 0 fully saturated rings. The third-order valence-corrected chi connectivity index (χ3v) is 2.66. The van der Waals surface area contributed by atoms with Crippen molar-refractivity contribution < 1.29 is 32.2 Å². The van der Waals surface area contributed by atoms with Crippen molar-refractivity contribution in [2.75, 3.05) is 13.2 Å². The van der Waals surface area contributed by atoms with Crippen LogP contribution in [-0.4, -0.2) is 30.3 Å². The number of halogens is 4. The van der Waals surface area contributed by atoms with Gasteiger partial charge in [-0.15, -0.1) is 0 Å². The summed E-state index contributed by atoms with van der Waals surface area (Å²) in [5, 5.41) is 11.6. The molecule has 0 radical (unpaired) electrons. The van der Waals surface area contributed by atoms with Crippen LogP contribution in [0.1, 0.15) is 19.8 Å². The maximum absolute atomic E-state index is 13.3. The normalized spacial score (nSPS) is 12.2. The molecule has 1 unspecified atom stereocenters. The van der Waals surface area contributed by atoms with Gasteiger partial charge in [0.2, 0.25) is 11.6 Å². The molecule has 0 aliphatic heterocycles. The fourth-order valence-electron chi connectivity index (χ4n) is 1.59. The molecule has 0 spiro atoms. The Labute approximate surface area is 118 Å². The minimum Gasteiger partial charge on any atom is -0.487 e. The van der Waals surface area contributed by atoms with Crippen molar-refractivity contribution in [1.29, 1.82) is 0 Å². The highest BCUT2D eigenvalue weighted by atomic mass is 19.2. The monoisotopic (exact) mass is 309 g/mol. The first-order chi connectivity index (χ1) is 9.88. The zero-order valence-corrected chi connectivity index (χ0v) is 11.3. The summed E-state index contributed by atoms with van der Waals surface area (Å²) in [7, 11) is 0. The standard InChI is InChI=1S/C13H15F4NO3/c1-2-4-18-9(13(19)20)3-5-21-12-10(16)7(14)6-8(15)11(12)17/h6,9,18H,2-5H2,1H3,(H,19,20). The van der Waals surface area contributed by atoms with Gasteiger partial charge in [0.15, 0.2) is 17.4 Å². The molecule has 1 aromatic carbocycles. The van der Waals surface area contributed by atoms with Crippen LogP contribution in [0.5, 0.6) is 5.75 Å². The molecule has 4 nitrogen and oxygen atoms in total. The zero-order chi connectivity index (χ0) is 16.0. The molecule has 0 aliphatic carbocycles. The van der Waals surface area contributed by atoms with Crippen molar-refractivity contribution in [2.24, 2.45) is 0 Å². The Kier molecular flexibility index (Phi) is 6.41. The van der Waals surface area contributed by atoms with Gasteiger partial charge in [0.05, 0.1) is 6.61 Å². The largest absolute Gasteiger partial charge is 0.487 e. The molecular weight excluding hydrogens is 294 g/mol. The number of carboxylic acid groups (broad SMARTS) is 1. The smallest absolute Gasteiger partial charge is 0.320 e. The summed E-state index contributed by atoms with van der Waals surface area (Å²) in [6.07, 6.45) is 0.579. The Bertz CT molecular complexity index is 484. The molecule has 0 amide bonds. The molecule has 1 atom stereocenters. The first-order valence-electron chi connectivity index (χ1n) is 6.30. The highest BCUT2D eigenvalue weighted by Gasteiger charge is 2.22. The van der Waals surface area contributed by atoms with Gasteiger partial charge in [-0.05, 0) is 13.0 Å². The second-order valence-corrected chi connectivity index (χ2v) is 4.28. The van der Waals surface area contributed by atoms with E-state index < -0.39 is 47.6 Å². The fourth-order valence-corrected chi connectivity index (χ4v) is 1.59. The number of aliphatic carboxylic acids is 1. The molecule has 0 heterocycles. The van der Waals surface area contributed by atoms with Crippen LogP contribution in [0.25, 0.3) is 0 Å². The van der Waals surface area contributed by atoms with E-state index in [1.54, 1.807) is 0 Å². The van der Waals surface area contributed by atoms with E-state index in [0.717, 1.165) is 0 Å². The van der Waals surface area contributed by atoms with Crippen molar-refractivity contribution in [3.63, 3.8) is 0 Å². The Morgan fingerprint density at radius 1 is 1.29 bits per heavy atom. The van der Waals surface area contributed by atoms with Crippen LogP contribution < -0.4 is 10.1 Å². The second-order valence-electron chi connectivity index (χ2n) is 4.28. The summed E-state index contributed by atoms with van der Waals surface area (Å²) in [5.74, 6) is -8.80. The lowest BCUT2D eigenvalue weighted by atomic mass is 10.2. The van der Waals surface area contributed by atoms with Gasteiger partial charge in [0, 0.05) is 12.5 Å². The predicted octanol–water partition coefficient (Wildman–Crippen LogP) is 2.46. The van der Waals surface area contributed by atoms with Crippen LogP contribution in [0.4, 0.5) is 17.6 Å². The Morgan fingerprint density at radius 2 is 1.86 bits per heavy atom. The lowest BCUT2D eigenvalue weighted by molar-refractivity contribution is -0.139. The minimum absolute atomic E-state index is 0.0698.